The van der Waals surface area contributed by atoms with E-state index in [1.54, 1.807) is 7.11 Å². The Hall–Kier alpha value is -2.04. The summed E-state index contributed by atoms with van der Waals surface area (Å²) < 4.78 is 11.0. The van der Waals surface area contributed by atoms with E-state index in [1.807, 2.05) is 54.6 Å². The van der Waals surface area contributed by atoms with E-state index in [9.17, 15) is 5.11 Å². The number of hydrogen-bond acceptors (Lipinski definition) is 5. The van der Waals surface area contributed by atoms with Crippen LogP contribution >= 0.6 is 24.0 Å². The SMILES string of the molecule is CCNC(=NCC(O)c1ccc(OC)cc1)N1CCN(CCOc2ccccc2)CC1.I. The molecule has 32 heavy (non-hydrogen) atoms. The van der Waals surface area contributed by atoms with Crippen LogP contribution in [0.1, 0.15) is 18.6 Å². The monoisotopic (exact) mass is 554 g/mol. The highest BCUT2D eigenvalue weighted by Crippen LogP contribution is 2.18. The van der Waals surface area contributed by atoms with Crippen molar-refractivity contribution in [2.24, 2.45) is 4.99 Å². The minimum atomic E-state index is -0.643. The Labute approximate surface area is 208 Å². The number of methoxy groups -OCH3 is 1. The summed E-state index contributed by atoms with van der Waals surface area (Å²) in [7, 11) is 1.63. The molecule has 176 valence electrons. The number of nitrogens with zero attached hydrogens (tertiary/aromatic N) is 3. The lowest BCUT2D eigenvalue weighted by Gasteiger charge is -2.36. The molecule has 1 saturated heterocycles. The number of para-hydroxylation sites is 1. The summed E-state index contributed by atoms with van der Waals surface area (Å²) in [6, 6.07) is 17.4. The quantitative estimate of drug-likeness (QED) is 0.282. The van der Waals surface area contributed by atoms with E-state index >= 15 is 0 Å². The molecule has 2 aromatic rings. The second-order valence-corrected chi connectivity index (χ2v) is 7.47. The number of aliphatic imine (C=N–C) groups is 1. The molecule has 8 heteroatoms. The van der Waals surface area contributed by atoms with Crippen LogP contribution in [0.2, 0.25) is 0 Å². The highest BCUT2D eigenvalue weighted by atomic mass is 127. The van der Waals surface area contributed by atoms with Gasteiger partial charge in [0.2, 0.25) is 0 Å². The third-order valence-corrected chi connectivity index (χ3v) is 5.34. The maximum Gasteiger partial charge on any atom is 0.194 e. The zero-order valence-electron chi connectivity index (χ0n) is 18.9. The van der Waals surface area contributed by atoms with Gasteiger partial charge < -0.3 is 24.8 Å². The summed E-state index contributed by atoms with van der Waals surface area (Å²) in [5.74, 6) is 2.55. The Morgan fingerprint density at radius 2 is 1.72 bits per heavy atom. The summed E-state index contributed by atoms with van der Waals surface area (Å²) >= 11 is 0. The number of aliphatic hydroxyl groups excluding tert-OH is 1. The van der Waals surface area contributed by atoms with Crippen LogP contribution in [-0.4, -0.2) is 80.4 Å². The number of piperazine rings is 1. The number of rotatable bonds is 9. The Morgan fingerprint density at radius 1 is 1.03 bits per heavy atom. The maximum atomic E-state index is 10.5. The molecule has 2 N–H and O–H groups in total. The summed E-state index contributed by atoms with van der Waals surface area (Å²) in [4.78, 5) is 9.36. The lowest BCUT2D eigenvalue weighted by Crippen LogP contribution is -2.53. The Balaban J connectivity index is 0.00000363. The molecule has 0 bridgehead atoms. The zero-order chi connectivity index (χ0) is 21.9. The van der Waals surface area contributed by atoms with Gasteiger partial charge in [0.1, 0.15) is 18.1 Å². The molecule has 0 radical (unpaired) electrons. The van der Waals surface area contributed by atoms with E-state index in [0.717, 1.165) is 62.3 Å². The van der Waals surface area contributed by atoms with Gasteiger partial charge in [-0.05, 0) is 36.8 Å². The fourth-order valence-electron chi connectivity index (χ4n) is 3.52. The lowest BCUT2D eigenvalue weighted by atomic mass is 10.1. The van der Waals surface area contributed by atoms with Crippen LogP contribution in [-0.2, 0) is 0 Å². The predicted molar refractivity (Wildman–Crippen MR) is 139 cm³/mol. The van der Waals surface area contributed by atoms with Crippen LogP contribution < -0.4 is 14.8 Å². The first kappa shape index (κ1) is 26.2. The van der Waals surface area contributed by atoms with E-state index in [-0.39, 0.29) is 24.0 Å². The van der Waals surface area contributed by atoms with Crippen molar-refractivity contribution in [2.45, 2.75) is 13.0 Å². The number of hydrogen-bond donors (Lipinski definition) is 2. The van der Waals surface area contributed by atoms with Crippen LogP contribution in [0.5, 0.6) is 11.5 Å². The van der Waals surface area contributed by atoms with E-state index in [4.69, 9.17) is 9.47 Å². The molecule has 0 aliphatic carbocycles. The minimum absolute atomic E-state index is 0. The molecule has 1 atom stereocenters. The van der Waals surface area contributed by atoms with E-state index < -0.39 is 6.10 Å². The van der Waals surface area contributed by atoms with Gasteiger partial charge in [0.25, 0.3) is 0 Å². The van der Waals surface area contributed by atoms with Crippen molar-refractivity contribution in [1.29, 1.82) is 0 Å². The molecule has 7 nitrogen and oxygen atoms in total. The van der Waals surface area contributed by atoms with Crippen LogP contribution in [0.25, 0.3) is 0 Å². The maximum absolute atomic E-state index is 10.5. The molecule has 0 amide bonds. The van der Waals surface area contributed by atoms with Gasteiger partial charge in [-0.2, -0.15) is 0 Å². The van der Waals surface area contributed by atoms with Crippen molar-refractivity contribution in [3.05, 3.63) is 60.2 Å². The summed E-state index contributed by atoms with van der Waals surface area (Å²) in [5, 5.41) is 13.9. The number of aliphatic hydroxyl groups is 1. The highest BCUT2D eigenvalue weighted by Gasteiger charge is 2.20. The third-order valence-electron chi connectivity index (χ3n) is 5.34. The zero-order valence-corrected chi connectivity index (χ0v) is 21.3. The number of guanidine groups is 1. The van der Waals surface area contributed by atoms with Crippen molar-refractivity contribution < 1.29 is 14.6 Å². The van der Waals surface area contributed by atoms with Gasteiger partial charge in [-0.3, -0.25) is 9.89 Å². The van der Waals surface area contributed by atoms with Crippen LogP contribution in [0.4, 0.5) is 0 Å². The number of ether oxygens (including phenoxy) is 2. The molecule has 0 aromatic heterocycles. The van der Waals surface area contributed by atoms with Gasteiger partial charge in [0.15, 0.2) is 5.96 Å². The van der Waals surface area contributed by atoms with Crippen molar-refractivity contribution >= 4 is 29.9 Å². The van der Waals surface area contributed by atoms with Crippen LogP contribution in [0, 0.1) is 0 Å². The fourth-order valence-corrected chi connectivity index (χ4v) is 3.52. The molecule has 2 aromatic carbocycles. The molecule has 1 heterocycles. The molecule has 3 rings (SSSR count). The number of benzene rings is 2. The minimum Gasteiger partial charge on any atom is -0.497 e. The number of halogens is 1. The summed E-state index contributed by atoms with van der Waals surface area (Å²) in [6.45, 7) is 8.49. The predicted octanol–water partition coefficient (Wildman–Crippen LogP) is 3.01. The summed E-state index contributed by atoms with van der Waals surface area (Å²) in [5.41, 5.74) is 0.837. The van der Waals surface area contributed by atoms with E-state index in [2.05, 4.69) is 27.0 Å². The van der Waals surface area contributed by atoms with Gasteiger partial charge in [-0.25, -0.2) is 0 Å². The van der Waals surface area contributed by atoms with Crippen molar-refractivity contribution in [3.8, 4) is 11.5 Å². The van der Waals surface area contributed by atoms with E-state index in [1.165, 1.54) is 0 Å². The fraction of sp³-hybridized carbons (Fsp3) is 0.458. The Morgan fingerprint density at radius 3 is 2.34 bits per heavy atom. The lowest BCUT2D eigenvalue weighted by molar-refractivity contribution is 0.151. The highest BCUT2D eigenvalue weighted by molar-refractivity contribution is 14.0. The molecule has 1 aliphatic heterocycles. The smallest absolute Gasteiger partial charge is 0.194 e. The summed E-state index contributed by atoms with van der Waals surface area (Å²) in [6.07, 6.45) is -0.643. The topological polar surface area (TPSA) is 69.6 Å². The molecule has 0 spiro atoms. The Kier molecular flexibility index (Phi) is 11.6. The van der Waals surface area contributed by atoms with Crippen LogP contribution in [0.15, 0.2) is 59.6 Å². The van der Waals surface area contributed by atoms with Gasteiger partial charge in [-0.1, -0.05) is 30.3 Å². The van der Waals surface area contributed by atoms with Gasteiger partial charge >= 0.3 is 0 Å². The average Bonchev–Trinajstić information content (AvgIpc) is 2.83. The average molecular weight is 554 g/mol. The van der Waals surface area contributed by atoms with Crippen molar-refractivity contribution in [3.63, 3.8) is 0 Å². The molecule has 1 fully saturated rings. The molecule has 0 saturated carbocycles. The number of nitrogens with one attached hydrogen (secondary N) is 1. The molecular weight excluding hydrogens is 519 g/mol. The normalized spacial score (nSPS) is 15.6. The first-order valence-corrected chi connectivity index (χ1v) is 10.9. The standard InChI is InChI=1S/C24H34N4O3.HI/c1-3-25-24(26-19-23(29)20-9-11-21(30-2)12-10-20)28-15-13-27(14-16-28)17-18-31-22-7-5-4-6-8-22;/h4-12,23,29H,3,13-19H2,1-2H3,(H,25,26);1H. The van der Waals surface area contributed by atoms with Gasteiger partial charge in [0.05, 0.1) is 19.8 Å². The third kappa shape index (κ3) is 8.14. The van der Waals surface area contributed by atoms with E-state index in [0.29, 0.717) is 13.2 Å². The van der Waals surface area contributed by atoms with Crippen LogP contribution in [0.3, 0.4) is 0 Å². The first-order chi connectivity index (χ1) is 15.2. The largest absolute Gasteiger partial charge is 0.497 e. The molecular formula is C24H35IN4O3. The second-order valence-electron chi connectivity index (χ2n) is 7.47. The molecule has 1 aliphatic rings. The van der Waals surface area contributed by atoms with Gasteiger partial charge in [-0.15, -0.1) is 24.0 Å². The second kappa shape index (κ2) is 14.2. The first-order valence-electron chi connectivity index (χ1n) is 10.9. The Bertz CT molecular complexity index is 797. The van der Waals surface area contributed by atoms with Crippen molar-refractivity contribution in [1.82, 2.24) is 15.1 Å². The van der Waals surface area contributed by atoms with Gasteiger partial charge in [0, 0.05) is 39.3 Å². The van der Waals surface area contributed by atoms with Crippen molar-refractivity contribution in [2.75, 3.05) is 59.5 Å². The molecule has 1 unspecified atom stereocenters.